The van der Waals surface area contributed by atoms with Crippen molar-refractivity contribution in [1.29, 1.82) is 0 Å². The Morgan fingerprint density at radius 3 is 3.00 bits per heavy atom. The maximum absolute atomic E-state index is 12.0. The molecule has 1 heterocycles. The van der Waals surface area contributed by atoms with Gasteiger partial charge < -0.3 is 4.74 Å². The highest BCUT2D eigenvalue weighted by Crippen LogP contribution is 2.08. The van der Waals surface area contributed by atoms with Crippen LogP contribution in [0.4, 0.5) is 0 Å². The molecule has 1 aromatic carbocycles. The van der Waals surface area contributed by atoms with Crippen molar-refractivity contribution in [2.75, 3.05) is 6.61 Å². The number of nitrogens with zero attached hydrogens (tertiary/aromatic N) is 2. The Morgan fingerprint density at radius 1 is 1.55 bits per heavy atom. The van der Waals surface area contributed by atoms with Crippen molar-refractivity contribution in [2.24, 2.45) is 4.99 Å². The van der Waals surface area contributed by atoms with Crippen molar-refractivity contribution in [3.8, 4) is 0 Å². The average Bonchev–Trinajstić information content (AvgIpc) is 2.49. The van der Waals surface area contributed by atoms with Crippen LogP contribution >= 0.6 is 11.6 Å². The van der Waals surface area contributed by atoms with Gasteiger partial charge in [0.05, 0.1) is 18.4 Å². The Labute approximate surface area is 119 Å². The van der Waals surface area contributed by atoms with Gasteiger partial charge in [-0.05, 0) is 25.1 Å². The predicted octanol–water partition coefficient (Wildman–Crippen LogP) is 0.251. The molecule has 1 atom stereocenters. The minimum absolute atomic E-state index is 0.210. The SMILES string of the molecule is CCOC(=O)CC1C(=O)N=c2ccc(Cl)cc2=CN1O. The van der Waals surface area contributed by atoms with Gasteiger partial charge in [-0.15, -0.1) is 0 Å². The molecule has 0 saturated heterocycles. The van der Waals surface area contributed by atoms with E-state index in [1.807, 2.05) is 0 Å². The fourth-order valence-electron chi connectivity index (χ4n) is 1.83. The van der Waals surface area contributed by atoms with Crippen molar-refractivity contribution >= 4 is 29.7 Å². The molecule has 1 aliphatic rings. The first-order chi connectivity index (χ1) is 9.51. The number of hydroxylamine groups is 2. The quantitative estimate of drug-likeness (QED) is 0.809. The Kier molecular flexibility index (Phi) is 4.36. The highest BCUT2D eigenvalue weighted by atomic mass is 35.5. The third-order valence-electron chi connectivity index (χ3n) is 2.76. The van der Waals surface area contributed by atoms with Crippen LogP contribution in [-0.2, 0) is 14.3 Å². The van der Waals surface area contributed by atoms with Gasteiger partial charge in [-0.3, -0.25) is 19.9 Å². The maximum Gasteiger partial charge on any atom is 0.308 e. The normalized spacial score (nSPS) is 17.6. The molecule has 2 rings (SSSR count). The lowest BCUT2D eigenvalue weighted by molar-refractivity contribution is -0.152. The summed E-state index contributed by atoms with van der Waals surface area (Å²) in [5, 5.41) is 11.9. The van der Waals surface area contributed by atoms with Crippen LogP contribution in [0.5, 0.6) is 0 Å². The zero-order chi connectivity index (χ0) is 14.7. The summed E-state index contributed by atoms with van der Waals surface area (Å²) in [6.07, 6.45) is 1.05. The number of rotatable bonds is 3. The van der Waals surface area contributed by atoms with Crippen LogP contribution in [0.25, 0.3) is 6.20 Å². The zero-order valence-electron chi connectivity index (χ0n) is 10.7. The van der Waals surface area contributed by atoms with E-state index < -0.39 is 17.9 Å². The van der Waals surface area contributed by atoms with Crippen molar-refractivity contribution in [3.05, 3.63) is 33.8 Å². The Hall–Kier alpha value is -1.92. The number of fused-ring (bicyclic) bond motifs is 1. The van der Waals surface area contributed by atoms with Gasteiger partial charge in [0.15, 0.2) is 0 Å². The first kappa shape index (κ1) is 14.5. The van der Waals surface area contributed by atoms with Crippen LogP contribution in [0, 0.1) is 0 Å². The number of halogens is 1. The third-order valence-corrected chi connectivity index (χ3v) is 3.00. The predicted molar refractivity (Wildman–Crippen MR) is 70.4 cm³/mol. The van der Waals surface area contributed by atoms with Crippen LogP contribution in [0.2, 0.25) is 5.02 Å². The summed E-state index contributed by atoms with van der Waals surface area (Å²) in [6, 6.07) is 3.65. The zero-order valence-corrected chi connectivity index (χ0v) is 11.5. The monoisotopic (exact) mass is 296 g/mol. The summed E-state index contributed by atoms with van der Waals surface area (Å²) >= 11 is 5.86. The van der Waals surface area contributed by atoms with Crippen LogP contribution < -0.4 is 10.6 Å². The molecule has 1 amide bonds. The lowest BCUT2D eigenvalue weighted by atomic mass is 10.2. The highest BCUT2D eigenvalue weighted by Gasteiger charge is 2.28. The molecule has 0 saturated carbocycles. The van der Waals surface area contributed by atoms with Gasteiger partial charge in [0.2, 0.25) is 0 Å². The second kappa shape index (κ2) is 6.02. The van der Waals surface area contributed by atoms with Crippen molar-refractivity contribution in [3.63, 3.8) is 0 Å². The molecular weight excluding hydrogens is 284 g/mol. The number of carbonyl (C=O) groups is 2. The largest absolute Gasteiger partial charge is 0.466 e. The van der Waals surface area contributed by atoms with Gasteiger partial charge in [0, 0.05) is 16.4 Å². The number of benzene rings is 1. The fraction of sp³-hybridized carbons (Fsp3) is 0.308. The minimum atomic E-state index is -1.10. The van der Waals surface area contributed by atoms with Crippen LogP contribution in [0.1, 0.15) is 13.3 Å². The summed E-state index contributed by atoms with van der Waals surface area (Å²) in [4.78, 5) is 27.3. The molecule has 106 valence electrons. The highest BCUT2D eigenvalue weighted by molar-refractivity contribution is 6.30. The molecule has 20 heavy (non-hydrogen) atoms. The summed E-state index contributed by atoms with van der Waals surface area (Å²) in [5.74, 6) is -1.18. The number of esters is 1. The number of hydrogen-bond donors (Lipinski definition) is 1. The van der Waals surface area contributed by atoms with E-state index in [2.05, 4.69) is 4.99 Å². The maximum atomic E-state index is 12.0. The Morgan fingerprint density at radius 2 is 2.30 bits per heavy atom. The first-order valence-electron chi connectivity index (χ1n) is 6.04. The number of ether oxygens (including phenoxy) is 1. The molecule has 0 bridgehead atoms. The van der Waals surface area contributed by atoms with Gasteiger partial charge in [-0.1, -0.05) is 11.6 Å². The molecule has 1 N–H and O–H groups in total. The van der Waals surface area contributed by atoms with E-state index >= 15 is 0 Å². The van der Waals surface area contributed by atoms with Crippen LogP contribution in [-0.4, -0.2) is 34.8 Å². The van der Waals surface area contributed by atoms with E-state index in [1.165, 1.54) is 6.20 Å². The van der Waals surface area contributed by atoms with Gasteiger partial charge in [0.1, 0.15) is 6.04 Å². The fourth-order valence-corrected chi connectivity index (χ4v) is 2.01. The Bertz CT molecular complexity index is 659. The second-order valence-electron chi connectivity index (χ2n) is 4.19. The standard InChI is InChI=1S/C13H13ClN2O4/c1-2-20-12(17)6-11-13(18)15-10-4-3-9(14)5-8(10)7-16(11)19/h3-5,7,11,19H,2,6H2,1H3. The molecule has 1 aromatic rings. The van der Waals surface area contributed by atoms with Gasteiger partial charge in [-0.25, -0.2) is 4.99 Å². The molecule has 0 spiro atoms. The molecule has 0 aromatic heterocycles. The molecule has 6 nitrogen and oxygen atoms in total. The van der Waals surface area contributed by atoms with Crippen LogP contribution in [0.15, 0.2) is 23.2 Å². The molecular formula is C13H13ClN2O4. The van der Waals surface area contributed by atoms with E-state index in [-0.39, 0.29) is 13.0 Å². The van der Waals surface area contributed by atoms with E-state index in [9.17, 15) is 14.8 Å². The van der Waals surface area contributed by atoms with Gasteiger partial charge in [-0.2, -0.15) is 0 Å². The van der Waals surface area contributed by atoms with Crippen LogP contribution in [0.3, 0.4) is 0 Å². The first-order valence-corrected chi connectivity index (χ1v) is 6.42. The molecule has 0 fully saturated rings. The number of amides is 1. The van der Waals surface area contributed by atoms with E-state index in [0.717, 1.165) is 0 Å². The van der Waals surface area contributed by atoms with E-state index in [0.29, 0.717) is 20.7 Å². The molecule has 0 radical (unpaired) electrons. The summed E-state index contributed by atoms with van der Waals surface area (Å²) in [6.45, 7) is 1.87. The second-order valence-corrected chi connectivity index (χ2v) is 4.62. The van der Waals surface area contributed by atoms with E-state index in [1.54, 1.807) is 25.1 Å². The van der Waals surface area contributed by atoms with Crippen molar-refractivity contribution < 1.29 is 19.5 Å². The average molecular weight is 297 g/mol. The van der Waals surface area contributed by atoms with Gasteiger partial charge >= 0.3 is 5.97 Å². The smallest absolute Gasteiger partial charge is 0.308 e. The van der Waals surface area contributed by atoms with E-state index in [4.69, 9.17) is 16.3 Å². The third kappa shape index (κ3) is 3.15. The lowest BCUT2D eigenvalue weighted by Gasteiger charge is -2.19. The Balaban J connectivity index is 2.37. The van der Waals surface area contributed by atoms with Crippen molar-refractivity contribution in [2.45, 2.75) is 19.4 Å². The molecule has 7 heteroatoms. The summed E-state index contributed by atoms with van der Waals surface area (Å²) in [5.41, 5.74) is 0. The minimum Gasteiger partial charge on any atom is -0.466 e. The summed E-state index contributed by atoms with van der Waals surface area (Å²) < 4.78 is 4.77. The molecule has 1 aliphatic heterocycles. The molecule has 0 aliphatic carbocycles. The topological polar surface area (TPSA) is 79.2 Å². The lowest BCUT2D eigenvalue weighted by Crippen LogP contribution is -2.36. The molecule has 1 unspecified atom stereocenters. The summed E-state index contributed by atoms with van der Waals surface area (Å²) in [7, 11) is 0. The number of carbonyl (C=O) groups excluding carboxylic acids is 2. The number of hydrogen-bond acceptors (Lipinski definition) is 5. The van der Waals surface area contributed by atoms with Gasteiger partial charge in [0.25, 0.3) is 5.91 Å². The van der Waals surface area contributed by atoms with Crippen molar-refractivity contribution in [1.82, 2.24) is 5.06 Å².